The van der Waals surface area contributed by atoms with E-state index in [-0.39, 0.29) is 5.91 Å². The Morgan fingerprint density at radius 1 is 0.966 bits per heavy atom. The number of benzene rings is 1. The van der Waals surface area contributed by atoms with Crippen LogP contribution in [-0.2, 0) is 0 Å². The van der Waals surface area contributed by atoms with Gasteiger partial charge in [0.2, 0.25) is 5.95 Å². The van der Waals surface area contributed by atoms with Crippen molar-refractivity contribution in [2.45, 2.75) is 13.8 Å². The molecule has 7 nitrogen and oxygen atoms in total. The van der Waals surface area contributed by atoms with Crippen LogP contribution in [0.25, 0.3) is 10.6 Å². The second kappa shape index (κ2) is 8.15. The van der Waals surface area contributed by atoms with Crippen molar-refractivity contribution in [1.82, 2.24) is 19.9 Å². The van der Waals surface area contributed by atoms with Gasteiger partial charge in [0.15, 0.2) is 0 Å². The second-order valence-corrected chi connectivity index (χ2v) is 7.51. The number of anilines is 3. The Hall–Kier alpha value is -3.65. The molecule has 0 bridgehead atoms. The molecule has 3 heterocycles. The monoisotopic (exact) mass is 402 g/mol. The lowest BCUT2D eigenvalue weighted by atomic mass is 10.2. The zero-order chi connectivity index (χ0) is 20.2. The number of amides is 1. The molecule has 0 spiro atoms. The van der Waals surface area contributed by atoms with Gasteiger partial charge in [0, 0.05) is 30.0 Å². The Balaban J connectivity index is 1.46. The van der Waals surface area contributed by atoms with Gasteiger partial charge in [0.25, 0.3) is 5.91 Å². The molecule has 2 N–H and O–H groups in total. The lowest BCUT2D eigenvalue weighted by Gasteiger charge is -2.08. The highest BCUT2D eigenvalue weighted by molar-refractivity contribution is 7.15. The molecule has 0 radical (unpaired) electrons. The summed E-state index contributed by atoms with van der Waals surface area (Å²) in [5.74, 6) is 0.296. The van der Waals surface area contributed by atoms with Crippen LogP contribution in [0.15, 0.2) is 61.1 Å². The van der Waals surface area contributed by atoms with Crippen LogP contribution in [0.1, 0.15) is 21.1 Å². The first-order valence-corrected chi connectivity index (χ1v) is 9.76. The molecule has 144 valence electrons. The van der Waals surface area contributed by atoms with Crippen molar-refractivity contribution in [1.29, 1.82) is 0 Å². The fourth-order valence-corrected chi connectivity index (χ4v) is 3.67. The van der Waals surface area contributed by atoms with Crippen LogP contribution in [0, 0.1) is 13.8 Å². The number of pyridine rings is 1. The van der Waals surface area contributed by atoms with Crippen molar-refractivity contribution < 1.29 is 4.79 Å². The highest BCUT2D eigenvalue weighted by Crippen LogP contribution is 2.28. The highest BCUT2D eigenvalue weighted by Gasteiger charge is 2.10. The average Bonchev–Trinajstić information content (AvgIpc) is 3.08. The van der Waals surface area contributed by atoms with Crippen LogP contribution >= 0.6 is 11.3 Å². The summed E-state index contributed by atoms with van der Waals surface area (Å²) in [7, 11) is 0. The van der Waals surface area contributed by atoms with Gasteiger partial charge in [-0.15, -0.1) is 11.3 Å². The summed E-state index contributed by atoms with van der Waals surface area (Å²) in [5, 5.41) is 7.05. The quantitative estimate of drug-likeness (QED) is 0.506. The van der Waals surface area contributed by atoms with Gasteiger partial charge in [0.05, 0.1) is 26.8 Å². The fraction of sp³-hybridized carbons (Fsp3) is 0.0952. The summed E-state index contributed by atoms with van der Waals surface area (Å²) in [5.41, 5.74) is 3.82. The SMILES string of the molecule is Cc1nc(C)c(-c2ccnc(Nc3ccc(NC(=O)c4cccnc4)cc3)n2)s1. The van der Waals surface area contributed by atoms with E-state index in [0.717, 1.165) is 27.0 Å². The van der Waals surface area contributed by atoms with Crippen molar-refractivity contribution >= 4 is 34.6 Å². The predicted octanol–water partition coefficient (Wildman–Crippen LogP) is 4.61. The van der Waals surface area contributed by atoms with Gasteiger partial charge in [0.1, 0.15) is 0 Å². The molecule has 0 aliphatic carbocycles. The van der Waals surface area contributed by atoms with E-state index in [9.17, 15) is 4.79 Å². The third kappa shape index (κ3) is 4.44. The molecule has 8 heteroatoms. The summed E-state index contributed by atoms with van der Waals surface area (Å²) < 4.78 is 0. The minimum absolute atomic E-state index is 0.204. The number of carbonyl (C=O) groups is 1. The molecule has 0 saturated carbocycles. The maximum Gasteiger partial charge on any atom is 0.257 e. The first kappa shape index (κ1) is 18.7. The Labute approximate surface area is 171 Å². The number of aryl methyl sites for hydroxylation is 2. The van der Waals surface area contributed by atoms with Crippen molar-refractivity contribution in [3.63, 3.8) is 0 Å². The number of aromatic nitrogens is 4. The normalized spacial score (nSPS) is 10.6. The van der Waals surface area contributed by atoms with Gasteiger partial charge in [-0.05, 0) is 56.3 Å². The standard InChI is InChI=1S/C21H18N6OS/c1-13-19(29-14(2)24-13)18-9-11-23-21(27-18)26-17-7-5-16(6-8-17)25-20(28)15-4-3-10-22-12-15/h3-12H,1-2H3,(H,25,28)(H,23,26,27). The van der Waals surface area contributed by atoms with Gasteiger partial charge < -0.3 is 10.6 Å². The molecule has 0 saturated heterocycles. The van der Waals surface area contributed by atoms with Crippen LogP contribution in [0.4, 0.5) is 17.3 Å². The summed E-state index contributed by atoms with van der Waals surface area (Å²) in [4.78, 5) is 30.5. The van der Waals surface area contributed by atoms with Gasteiger partial charge in [-0.2, -0.15) is 0 Å². The van der Waals surface area contributed by atoms with Crippen molar-refractivity contribution in [2.75, 3.05) is 10.6 Å². The maximum atomic E-state index is 12.2. The lowest BCUT2D eigenvalue weighted by Crippen LogP contribution is -2.11. The van der Waals surface area contributed by atoms with E-state index in [0.29, 0.717) is 17.2 Å². The van der Waals surface area contributed by atoms with E-state index in [1.54, 1.807) is 35.9 Å². The zero-order valence-electron chi connectivity index (χ0n) is 15.9. The largest absolute Gasteiger partial charge is 0.324 e. The molecule has 0 aliphatic heterocycles. The van der Waals surface area contributed by atoms with Crippen molar-refractivity contribution in [3.05, 3.63) is 77.3 Å². The van der Waals surface area contributed by atoms with E-state index >= 15 is 0 Å². The number of nitrogens with zero attached hydrogens (tertiary/aromatic N) is 4. The van der Waals surface area contributed by atoms with Crippen LogP contribution in [0.5, 0.6) is 0 Å². The molecule has 0 fully saturated rings. The van der Waals surface area contributed by atoms with Crippen LogP contribution < -0.4 is 10.6 Å². The Bertz CT molecular complexity index is 1140. The van der Waals surface area contributed by atoms with Gasteiger partial charge in [-0.3, -0.25) is 9.78 Å². The molecule has 0 atom stereocenters. The number of thiazole rings is 1. The first-order chi connectivity index (χ1) is 14.1. The average molecular weight is 402 g/mol. The molecular weight excluding hydrogens is 384 g/mol. The minimum Gasteiger partial charge on any atom is -0.324 e. The zero-order valence-corrected chi connectivity index (χ0v) is 16.7. The first-order valence-electron chi connectivity index (χ1n) is 8.94. The fourth-order valence-electron chi connectivity index (χ4n) is 2.78. The highest BCUT2D eigenvalue weighted by atomic mass is 32.1. The van der Waals surface area contributed by atoms with E-state index in [1.165, 1.54) is 6.20 Å². The summed E-state index contributed by atoms with van der Waals surface area (Å²) in [6.07, 6.45) is 4.88. The van der Waals surface area contributed by atoms with E-state index in [1.807, 2.05) is 44.2 Å². The molecule has 29 heavy (non-hydrogen) atoms. The van der Waals surface area contributed by atoms with Crippen LogP contribution in [-0.4, -0.2) is 25.8 Å². The molecule has 1 amide bonds. The number of hydrogen-bond donors (Lipinski definition) is 2. The number of rotatable bonds is 5. The van der Waals surface area contributed by atoms with E-state index in [4.69, 9.17) is 0 Å². The Morgan fingerprint density at radius 2 is 1.76 bits per heavy atom. The smallest absolute Gasteiger partial charge is 0.257 e. The van der Waals surface area contributed by atoms with Crippen molar-refractivity contribution in [3.8, 4) is 10.6 Å². The minimum atomic E-state index is -0.204. The van der Waals surface area contributed by atoms with E-state index < -0.39 is 0 Å². The molecule has 4 rings (SSSR count). The number of carbonyl (C=O) groups excluding carboxylic acids is 1. The van der Waals surface area contributed by atoms with Crippen LogP contribution in [0.3, 0.4) is 0 Å². The van der Waals surface area contributed by atoms with Gasteiger partial charge in [-0.1, -0.05) is 0 Å². The molecule has 0 aliphatic rings. The van der Waals surface area contributed by atoms with Crippen molar-refractivity contribution in [2.24, 2.45) is 0 Å². The topological polar surface area (TPSA) is 92.7 Å². The summed E-state index contributed by atoms with van der Waals surface area (Å²) in [6.45, 7) is 3.96. The molecule has 4 aromatic rings. The van der Waals surface area contributed by atoms with E-state index in [2.05, 4.69) is 30.6 Å². The molecule has 1 aromatic carbocycles. The number of hydrogen-bond acceptors (Lipinski definition) is 7. The Kier molecular flexibility index (Phi) is 5.26. The molecular formula is C21H18N6OS. The Morgan fingerprint density at radius 3 is 2.45 bits per heavy atom. The third-order valence-electron chi connectivity index (χ3n) is 4.11. The predicted molar refractivity (Wildman–Crippen MR) is 115 cm³/mol. The number of nitrogens with one attached hydrogen (secondary N) is 2. The lowest BCUT2D eigenvalue weighted by molar-refractivity contribution is 0.102. The summed E-state index contributed by atoms with van der Waals surface area (Å²) in [6, 6.07) is 12.7. The summed E-state index contributed by atoms with van der Waals surface area (Å²) >= 11 is 1.61. The second-order valence-electron chi connectivity index (χ2n) is 6.31. The van der Waals surface area contributed by atoms with Gasteiger partial charge in [-0.25, -0.2) is 15.0 Å². The molecule has 0 unspecified atom stereocenters. The maximum absolute atomic E-state index is 12.2. The third-order valence-corrected chi connectivity index (χ3v) is 5.21. The molecule has 3 aromatic heterocycles. The van der Waals surface area contributed by atoms with Crippen LogP contribution in [0.2, 0.25) is 0 Å². The van der Waals surface area contributed by atoms with Gasteiger partial charge >= 0.3 is 0 Å².